The van der Waals surface area contributed by atoms with Crippen molar-refractivity contribution < 1.29 is 4.79 Å². The van der Waals surface area contributed by atoms with Crippen molar-refractivity contribution in [3.63, 3.8) is 0 Å². The largest absolute Gasteiger partial charge is 0.341 e. The Morgan fingerprint density at radius 3 is 2.73 bits per heavy atom. The lowest BCUT2D eigenvalue weighted by molar-refractivity contribution is 0.254. The van der Waals surface area contributed by atoms with Crippen LogP contribution in [0.15, 0.2) is 48.7 Å². The Kier molecular flexibility index (Phi) is 3.82. The highest BCUT2D eigenvalue weighted by atomic mass is 16.2. The number of nitrogens with one attached hydrogen (secondary N) is 2. The molecule has 2 amide bonds. The minimum atomic E-state index is -0.312. The number of hydrogen-bond donors (Lipinski definition) is 2. The lowest BCUT2D eigenvalue weighted by Gasteiger charge is -1.97. The summed E-state index contributed by atoms with van der Waals surface area (Å²) in [5, 5.41) is 9.53. The Morgan fingerprint density at radius 2 is 1.95 bits per heavy atom. The van der Waals surface area contributed by atoms with E-state index in [0.29, 0.717) is 11.5 Å². The highest BCUT2D eigenvalue weighted by Crippen LogP contribution is 2.11. The Morgan fingerprint density at radius 1 is 1.14 bits per heavy atom. The van der Waals surface area contributed by atoms with Gasteiger partial charge in [-0.05, 0) is 23.8 Å². The molecule has 1 aromatic carbocycles. The van der Waals surface area contributed by atoms with Crippen LogP contribution in [-0.2, 0) is 0 Å². The molecule has 110 valence electrons. The van der Waals surface area contributed by atoms with Gasteiger partial charge in [-0.25, -0.2) is 14.3 Å². The topological polar surface area (TPSA) is 71.3 Å². The molecule has 0 aliphatic heterocycles. The number of aromatic nitrogens is 3. The molecule has 0 aliphatic rings. The van der Waals surface area contributed by atoms with Crippen LogP contribution in [0.1, 0.15) is 11.3 Å². The van der Waals surface area contributed by atoms with Crippen LogP contribution in [0.3, 0.4) is 0 Å². The predicted molar refractivity (Wildman–Crippen MR) is 86.4 cm³/mol. The van der Waals surface area contributed by atoms with Gasteiger partial charge in [0.15, 0.2) is 11.5 Å². The molecule has 0 fully saturated rings. The lowest BCUT2D eigenvalue weighted by atomic mass is 10.2. The highest BCUT2D eigenvalue weighted by Gasteiger charge is 2.05. The van der Waals surface area contributed by atoms with Crippen molar-refractivity contribution in [2.75, 3.05) is 12.4 Å². The van der Waals surface area contributed by atoms with Gasteiger partial charge in [0.2, 0.25) is 0 Å². The zero-order chi connectivity index (χ0) is 15.4. The molecule has 0 saturated carbocycles. The Labute approximate surface area is 127 Å². The average Bonchev–Trinajstić information content (AvgIpc) is 2.95. The maximum Gasteiger partial charge on any atom is 0.320 e. The lowest BCUT2D eigenvalue weighted by Crippen LogP contribution is -2.24. The van der Waals surface area contributed by atoms with Crippen molar-refractivity contribution in [2.24, 2.45) is 0 Å². The molecular formula is C16H15N5O. The van der Waals surface area contributed by atoms with Crippen LogP contribution in [0.2, 0.25) is 0 Å². The number of carbonyl (C=O) groups excluding carboxylic acids is 1. The number of hydrogen-bond acceptors (Lipinski definition) is 3. The van der Waals surface area contributed by atoms with Gasteiger partial charge in [-0.3, -0.25) is 5.32 Å². The van der Waals surface area contributed by atoms with Gasteiger partial charge in [-0.1, -0.05) is 36.4 Å². The fourth-order valence-corrected chi connectivity index (χ4v) is 1.97. The molecule has 3 rings (SSSR count). The summed E-state index contributed by atoms with van der Waals surface area (Å²) in [6.45, 7) is 0. The van der Waals surface area contributed by atoms with Gasteiger partial charge >= 0.3 is 6.03 Å². The van der Waals surface area contributed by atoms with E-state index in [4.69, 9.17) is 0 Å². The SMILES string of the molecule is CNC(=O)Nc1cn2nc(/C=C/c3ccccc3)ccc2n1. The van der Waals surface area contributed by atoms with Crippen LogP contribution in [-0.4, -0.2) is 27.7 Å². The number of urea groups is 1. The summed E-state index contributed by atoms with van der Waals surface area (Å²) in [6.07, 6.45) is 5.60. The van der Waals surface area contributed by atoms with E-state index in [1.807, 2.05) is 54.6 Å². The summed E-state index contributed by atoms with van der Waals surface area (Å²) >= 11 is 0. The zero-order valence-corrected chi connectivity index (χ0v) is 12.0. The second kappa shape index (κ2) is 6.09. The van der Waals surface area contributed by atoms with Crippen molar-refractivity contribution in [3.8, 4) is 0 Å². The number of rotatable bonds is 3. The van der Waals surface area contributed by atoms with Crippen molar-refractivity contribution in [1.82, 2.24) is 19.9 Å². The number of benzene rings is 1. The fraction of sp³-hybridized carbons (Fsp3) is 0.0625. The molecule has 2 heterocycles. The summed E-state index contributed by atoms with van der Waals surface area (Å²) in [6, 6.07) is 13.4. The molecule has 6 nitrogen and oxygen atoms in total. The molecule has 3 aromatic rings. The van der Waals surface area contributed by atoms with E-state index in [1.165, 1.54) is 0 Å². The molecule has 0 atom stereocenters. The van der Waals surface area contributed by atoms with E-state index in [0.717, 1.165) is 11.3 Å². The second-order valence-corrected chi connectivity index (χ2v) is 4.64. The molecule has 0 unspecified atom stereocenters. The van der Waals surface area contributed by atoms with E-state index in [9.17, 15) is 4.79 Å². The van der Waals surface area contributed by atoms with Crippen LogP contribution in [0.25, 0.3) is 17.8 Å². The van der Waals surface area contributed by atoms with Gasteiger partial charge in [0, 0.05) is 7.05 Å². The van der Waals surface area contributed by atoms with Gasteiger partial charge in [0.1, 0.15) is 0 Å². The maximum absolute atomic E-state index is 11.3. The monoisotopic (exact) mass is 293 g/mol. The van der Waals surface area contributed by atoms with Crippen LogP contribution in [0.5, 0.6) is 0 Å². The Bertz CT molecular complexity index is 823. The Hall–Kier alpha value is -3.15. The molecule has 2 aromatic heterocycles. The van der Waals surface area contributed by atoms with Crippen LogP contribution < -0.4 is 10.6 Å². The highest BCUT2D eigenvalue weighted by molar-refractivity contribution is 5.88. The molecule has 0 saturated heterocycles. The van der Waals surface area contributed by atoms with Gasteiger partial charge in [0.25, 0.3) is 0 Å². The van der Waals surface area contributed by atoms with Crippen molar-refractivity contribution >= 4 is 29.6 Å². The first-order valence-corrected chi connectivity index (χ1v) is 6.83. The van der Waals surface area contributed by atoms with E-state index in [-0.39, 0.29) is 6.03 Å². The first-order valence-electron chi connectivity index (χ1n) is 6.83. The summed E-state index contributed by atoms with van der Waals surface area (Å²) in [4.78, 5) is 15.5. The maximum atomic E-state index is 11.3. The number of nitrogens with zero attached hydrogens (tertiary/aromatic N) is 3. The zero-order valence-electron chi connectivity index (χ0n) is 12.0. The molecule has 0 spiro atoms. The summed E-state index contributed by atoms with van der Waals surface area (Å²) < 4.78 is 1.63. The van der Waals surface area contributed by atoms with Gasteiger partial charge in [0.05, 0.1) is 11.9 Å². The van der Waals surface area contributed by atoms with Crippen LogP contribution >= 0.6 is 0 Å². The van der Waals surface area contributed by atoms with E-state index < -0.39 is 0 Å². The molecule has 0 bridgehead atoms. The predicted octanol–water partition coefficient (Wildman–Crippen LogP) is 2.65. The van der Waals surface area contributed by atoms with E-state index in [2.05, 4.69) is 20.7 Å². The fourth-order valence-electron chi connectivity index (χ4n) is 1.97. The first kappa shape index (κ1) is 13.8. The molecule has 22 heavy (non-hydrogen) atoms. The average molecular weight is 293 g/mol. The number of imidazole rings is 1. The normalized spacial score (nSPS) is 11.0. The minimum Gasteiger partial charge on any atom is -0.341 e. The number of carbonyl (C=O) groups is 1. The van der Waals surface area contributed by atoms with Gasteiger partial charge in [-0.2, -0.15) is 5.10 Å². The Balaban J connectivity index is 1.83. The number of anilines is 1. The molecule has 2 N–H and O–H groups in total. The van der Waals surface area contributed by atoms with Crippen molar-refractivity contribution in [3.05, 3.63) is 59.9 Å². The molecule has 0 radical (unpaired) electrons. The third-order valence-corrected chi connectivity index (χ3v) is 3.06. The molecule has 0 aliphatic carbocycles. The summed E-state index contributed by atoms with van der Waals surface area (Å²) in [5.41, 5.74) is 2.58. The first-order chi connectivity index (χ1) is 10.7. The number of amides is 2. The number of fused-ring (bicyclic) bond motifs is 1. The summed E-state index contributed by atoms with van der Waals surface area (Å²) in [7, 11) is 1.55. The molecular weight excluding hydrogens is 278 g/mol. The van der Waals surface area contributed by atoms with Crippen molar-refractivity contribution in [2.45, 2.75) is 0 Å². The standard InChI is InChI=1S/C16H15N5O/c1-17-16(22)19-14-11-21-15(18-14)10-9-13(20-21)8-7-12-5-3-2-4-6-12/h2-11H,1H3,(H2,17,19,22)/b8-7+. The molecule has 6 heteroatoms. The third-order valence-electron chi connectivity index (χ3n) is 3.06. The second-order valence-electron chi connectivity index (χ2n) is 4.64. The van der Waals surface area contributed by atoms with Crippen LogP contribution in [0, 0.1) is 0 Å². The third kappa shape index (κ3) is 3.12. The van der Waals surface area contributed by atoms with Crippen LogP contribution in [0.4, 0.5) is 10.6 Å². The quantitative estimate of drug-likeness (QED) is 0.780. The van der Waals surface area contributed by atoms with E-state index >= 15 is 0 Å². The minimum absolute atomic E-state index is 0.312. The van der Waals surface area contributed by atoms with Gasteiger partial charge < -0.3 is 5.32 Å². The smallest absolute Gasteiger partial charge is 0.320 e. The van der Waals surface area contributed by atoms with Crippen molar-refractivity contribution in [1.29, 1.82) is 0 Å². The summed E-state index contributed by atoms with van der Waals surface area (Å²) in [5.74, 6) is 0.455. The van der Waals surface area contributed by atoms with E-state index in [1.54, 1.807) is 17.8 Å². The van der Waals surface area contributed by atoms with Gasteiger partial charge in [-0.15, -0.1) is 0 Å².